The number of hydrogen-bond donors (Lipinski definition) is 1. The third-order valence-electron chi connectivity index (χ3n) is 2.74. The maximum Gasteiger partial charge on any atom is 0.121 e. The van der Waals surface area contributed by atoms with E-state index in [2.05, 4.69) is 18.8 Å². The molecule has 3 heteroatoms. The highest BCUT2D eigenvalue weighted by Gasteiger charge is 2.16. The third kappa shape index (κ3) is 4.80. The number of allylic oxidation sites excluding steroid dienone is 1. The Morgan fingerprint density at radius 1 is 1.53 bits per heavy atom. The summed E-state index contributed by atoms with van der Waals surface area (Å²) < 4.78 is 5.86. The van der Waals surface area contributed by atoms with Crippen LogP contribution >= 0.6 is 11.6 Å². The van der Waals surface area contributed by atoms with Crippen LogP contribution in [-0.2, 0) is 0 Å². The molecule has 1 aromatic carbocycles. The summed E-state index contributed by atoms with van der Waals surface area (Å²) in [5.41, 5.74) is 0. The van der Waals surface area contributed by atoms with Crippen molar-refractivity contribution in [1.29, 1.82) is 0 Å². The van der Waals surface area contributed by atoms with E-state index in [-0.39, 0.29) is 6.10 Å². The normalized spacial score (nSPS) is 14.1. The summed E-state index contributed by atoms with van der Waals surface area (Å²) >= 11 is 5.92. The molecule has 1 N–H and O–H groups in total. The first-order chi connectivity index (χ1) is 8.17. The first-order valence-electron chi connectivity index (χ1n) is 5.87. The summed E-state index contributed by atoms with van der Waals surface area (Å²) in [4.78, 5) is 0. The van der Waals surface area contributed by atoms with Crippen molar-refractivity contribution in [3.05, 3.63) is 41.9 Å². The van der Waals surface area contributed by atoms with Gasteiger partial charge in [-0.3, -0.25) is 0 Å². The molecule has 0 amide bonds. The molecule has 0 aliphatic rings. The van der Waals surface area contributed by atoms with E-state index in [1.807, 2.05) is 37.4 Å². The van der Waals surface area contributed by atoms with Crippen LogP contribution in [0.1, 0.15) is 19.8 Å². The van der Waals surface area contributed by atoms with Crippen LogP contribution in [-0.4, -0.2) is 19.2 Å². The van der Waals surface area contributed by atoms with Crippen LogP contribution in [0.25, 0.3) is 0 Å². The van der Waals surface area contributed by atoms with Gasteiger partial charge in [0.05, 0.1) is 0 Å². The summed E-state index contributed by atoms with van der Waals surface area (Å²) in [6, 6.07) is 7.79. The van der Waals surface area contributed by atoms with Gasteiger partial charge in [-0.1, -0.05) is 23.7 Å². The summed E-state index contributed by atoms with van der Waals surface area (Å²) in [6.45, 7) is 5.80. The number of likely N-dealkylation sites (N-methyl/N-ethyl adjacent to an activating group) is 1. The lowest BCUT2D eigenvalue weighted by Crippen LogP contribution is -2.39. The average molecular weight is 254 g/mol. The zero-order valence-corrected chi connectivity index (χ0v) is 11.2. The Kier molecular flexibility index (Phi) is 6.09. The molecule has 94 valence electrons. The number of benzene rings is 1. The lowest BCUT2D eigenvalue weighted by Gasteiger charge is -2.24. The van der Waals surface area contributed by atoms with Crippen molar-refractivity contribution in [1.82, 2.24) is 5.32 Å². The fourth-order valence-electron chi connectivity index (χ4n) is 1.75. The van der Waals surface area contributed by atoms with E-state index < -0.39 is 0 Å². The molecule has 0 saturated heterocycles. The molecule has 2 unspecified atom stereocenters. The monoisotopic (exact) mass is 253 g/mol. The topological polar surface area (TPSA) is 21.3 Å². The molecular formula is C14H20ClNO. The molecule has 2 nitrogen and oxygen atoms in total. The molecule has 1 aromatic rings. The van der Waals surface area contributed by atoms with Gasteiger partial charge < -0.3 is 10.1 Å². The average Bonchev–Trinajstić information content (AvgIpc) is 2.30. The predicted molar refractivity (Wildman–Crippen MR) is 73.8 cm³/mol. The van der Waals surface area contributed by atoms with Crippen molar-refractivity contribution < 1.29 is 4.74 Å². The lowest BCUT2D eigenvalue weighted by atomic mass is 10.1. The largest absolute Gasteiger partial charge is 0.489 e. The molecule has 2 atom stereocenters. The Morgan fingerprint density at radius 3 is 2.88 bits per heavy atom. The van der Waals surface area contributed by atoms with E-state index in [1.54, 1.807) is 0 Å². The van der Waals surface area contributed by atoms with Crippen molar-refractivity contribution in [2.24, 2.45) is 0 Å². The van der Waals surface area contributed by atoms with Gasteiger partial charge in [0.1, 0.15) is 11.9 Å². The first-order valence-corrected chi connectivity index (χ1v) is 6.25. The third-order valence-corrected chi connectivity index (χ3v) is 2.97. The minimum Gasteiger partial charge on any atom is -0.489 e. The fourth-order valence-corrected chi connectivity index (χ4v) is 1.93. The van der Waals surface area contributed by atoms with Crippen LogP contribution in [0.15, 0.2) is 36.9 Å². The van der Waals surface area contributed by atoms with Crippen LogP contribution in [0.4, 0.5) is 0 Å². The summed E-state index contributed by atoms with van der Waals surface area (Å²) in [5, 5.41) is 3.96. The van der Waals surface area contributed by atoms with Crippen LogP contribution in [0.5, 0.6) is 5.75 Å². The molecule has 0 fully saturated rings. The Morgan fingerprint density at radius 2 is 2.29 bits per heavy atom. The van der Waals surface area contributed by atoms with Crippen molar-refractivity contribution in [2.45, 2.75) is 31.9 Å². The second kappa shape index (κ2) is 7.36. The van der Waals surface area contributed by atoms with Crippen LogP contribution in [0.3, 0.4) is 0 Å². The molecule has 0 bridgehead atoms. The molecule has 0 aromatic heterocycles. The molecule has 17 heavy (non-hydrogen) atoms. The SMILES string of the molecule is C=CCCC(NC)C(C)Oc1cccc(Cl)c1. The zero-order valence-electron chi connectivity index (χ0n) is 10.4. The van der Waals surface area contributed by atoms with E-state index in [9.17, 15) is 0 Å². The molecule has 0 aliphatic carbocycles. The number of halogens is 1. The van der Waals surface area contributed by atoms with Gasteiger partial charge in [0, 0.05) is 11.1 Å². The highest BCUT2D eigenvalue weighted by Crippen LogP contribution is 2.19. The van der Waals surface area contributed by atoms with Gasteiger partial charge in [-0.15, -0.1) is 6.58 Å². The van der Waals surface area contributed by atoms with Crippen molar-refractivity contribution in [3.8, 4) is 5.75 Å². The second-order valence-corrected chi connectivity index (χ2v) is 4.48. The highest BCUT2D eigenvalue weighted by molar-refractivity contribution is 6.30. The second-order valence-electron chi connectivity index (χ2n) is 4.04. The molecular weight excluding hydrogens is 234 g/mol. The molecule has 0 spiro atoms. The van der Waals surface area contributed by atoms with E-state index in [0.29, 0.717) is 11.1 Å². The van der Waals surface area contributed by atoms with Gasteiger partial charge in [-0.2, -0.15) is 0 Å². The fraction of sp³-hybridized carbons (Fsp3) is 0.429. The molecule has 1 rings (SSSR count). The van der Waals surface area contributed by atoms with Gasteiger partial charge in [-0.25, -0.2) is 0 Å². The van der Waals surface area contributed by atoms with Crippen LogP contribution in [0, 0.1) is 0 Å². The number of ether oxygens (including phenoxy) is 1. The number of rotatable bonds is 7. The van der Waals surface area contributed by atoms with Crippen molar-refractivity contribution >= 4 is 11.6 Å². The van der Waals surface area contributed by atoms with Gasteiger partial charge >= 0.3 is 0 Å². The van der Waals surface area contributed by atoms with Crippen molar-refractivity contribution in [3.63, 3.8) is 0 Å². The Balaban J connectivity index is 2.56. The minimum atomic E-state index is 0.0958. The van der Waals surface area contributed by atoms with Gasteiger partial charge in [-0.05, 0) is 45.0 Å². The molecule has 0 radical (unpaired) electrons. The molecule has 0 heterocycles. The van der Waals surface area contributed by atoms with E-state index in [0.717, 1.165) is 18.6 Å². The summed E-state index contributed by atoms with van der Waals surface area (Å²) in [5.74, 6) is 0.809. The highest BCUT2D eigenvalue weighted by atomic mass is 35.5. The van der Waals surface area contributed by atoms with Gasteiger partial charge in [0.2, 0.25) is 0 Å². The van der Waals surface area contributed by atoms with E-state index in [1.165, 1.54) is 0 Å². The molecule has 0 saturated carbocycles. The zero-order chi connectivity index (χ0) is 12.7. The predicted octanol–water partition coefficient (Wildman–Crippen LogP) is 3.66. The van der Waals surface area contributed by atoms with Crippen LogP contribution < -0.4 is 10.1 Å². The minimum absolute atomic E-state index is 0.0958. The summed E-state index contributed by atoms with van der Waals surface area (Å²) in [6.07, 6.45) is 4.02. The smallest absolute Gasteiger partial charge is 0.121 e. The lowest BCUT2D eigenvalue weighted by molar-refractivity contribution is 0.169. The van der Waals surface area contributed by atoms with Gasteiger partial charge in [0.25, 0.3) is 0 Å². The Bertz CT molecular complexity index is 354. The quantitative estimate of drug-likeness (QED) is 0.749. The Hall–Kier alpha value is -0.990. The molecule has 0 aliphatic heterocycles. The van der Waals surface area contributed by atoms with E-state index >= 15 is 0 Å². The van der Waals surface area contributed by atoms with Crippen molar-refractivity contribution in [2.75, 3.05) is 7.05 Å². The maximum atomic E-state index is 5.92. The number of nitrogens with one attached hydrogen (secondary N) is 1. The Labute approximate surface area is 109 Å². The summed E-state index contributed by atoms with van der Waals surface area (Å²) in [7, 11) is 1.95. The number of hydrogen-bond acceptors (Lipinski definition) is 2. The van der Waals surface area contributed by atoms with Crippen LogP contribution in [0.2, 0.25) is 5.02 Å². The maximum absolute atomic E-state index is 5.92. The first kappa shape index (κ1) is 14.1. The van der Waals surface area contributed by atoms with Gasteiger partial charge in [0.15, 0.2) is 0 Å². The van der Waals surface area contributed by atoms with E-state index in [4.69, 9.17) is 16.3 Å². The standard InChI is InChI=1S/C14H20ClNO/c1-4-5-9-14(16-3)11(2)17-13-8-6-7-12(15)10-13/h4,6-8,10-11,14,16H,1,5,9H2,2-3H3.